The molecule has 0 heterocycles. The maximum Gasteiger partial charge on any atom is 0.282 e. The third kappa shape index (κ3) is 4.13. The molecule has 0 spiro atoms. The molecule has 1 N–H and O–H groups in total. The van der Waals surface area contributed by atoms with Crippen LogP contribution in [0.3, 0.4) is 0 Å². The Kier molecular flexibility index (Phi) is 5.44. The van der Waals surface area contributed by atoms with Crippen molar-refractivity contribution in [1.29, 1.82) is 0 Å². The Hall–Kier alpha value is -3.71. The molecule has 0 aliphatic heterocycles. The van der Waals surface area contributed by atoms with Gasteiger partial charge in [0.05, 0.1) is 29.1 Å². The molecule has 0 bridgehead atoms. The molecule has 3 aromatic carbocycles. The third-order valence-electron chi connectivity index (χ3n) is 4.89. The Bertz CT molecular complexity index is 1320. The van der Waals surface area contributed by atoms with Crippen molar-refractivity contribution in [2.45, 2.75) is 11.8 Å². The molecule has 3 aromatic rings. The lowest BCUT2D eigenvalue weighted by Gasteiger charge is -2.19. The highest BCUT2D eigenvalue weighted by molar-refractivity contribution is 7.90. The number of carbonyl (C=O) groups is 1. The van der Waals surface area contributed by atoms with Gasteiger partial charge in [-0.1, -0.05) is 54.1 Å². The lowest BCUT2D eigenvalue weighted by Crippen LogP contribution is -2.22. The van der Waals surface area contributed by atoms with Gasteiger partial charge in [0.25, 0.3) is 10.0 Å². The second-order valence-corrected chi connectivity index (χ2v) is 8.63. The number of hydrogen-bond acceptors (Lipinski definition) is 5. The van der Waals surface area contributed by atoms with Crippen LogP contribution in [0.5, 0.6) is 5.75 Å². The summed E-state index contributed by atoms with van der Waals surface area (Å²) in [6, 6.07) is 20.5. The molecule has 0 amide bonds. The second-order valence-electron chi connectivity index (χ2n) is 7.02. The van der Waals surface area contributed by atoms with Gasteiger partial charge in [-0.2, -0.15) is 12.8 Å². The number of anilines is 1. The summed E-state index contributed by atoms with van der Waals surface area (Å²) in [4.78, 5) is 13.2. The van der Waals surface area contributed by atoms with Crippen LogP contribution in [0.2, 0.25) is 0 Å². The van der Waals surface area contributed by atoms with Crippen molar-refractivity contribution in [3.63, 3.8) is 0 Å². The minimum absolute atomic E-state index is 0.0904. The quantitative estimate of drug-likeness (QED) is 0.647. The molecule has 7 heteroatoms. The smallest absolute Gasteiger partial charge is 0.282 e. The molecule has 0 aromatic heterocycles. The van der Waals surface area contributed by atoms with Crippen molar-refractivity contribution in [1.82, 2.24) is 0 Å². The van der Waals surface area contributed by atoms with Gasteiger partial charge in [0, 0.05) is 11.1 Å². The molecular weight excluding hydrogens is 412 g/mol. The van der Waals surface area contributed by atoms with Gasteiger partial charge in [0.1, 0.15) is 5.75 Å². The van der Waals surface area contributed by atoms with Crippen molar-refractivity contribution in [3.8, 4) is 5.75 Å². The summed E-state index contributed by atoms with van der Waals surface area (Å²) in [5.74, 6) is 0.300. The molecule has 0 radical (unpaired) electrons. The van der Waals surface area contributed by atoms with Crippen molar-refractivity contribution >= 4 is 27.2 Å². The van der Waals surface area contributed by atoms with Gasteiger partial charge in [-0.25, -0.2) is 0 Å². The van der Waals surface area contributed by atoms with E-state index in [0.717, 1.165) is 5.56 Å². The number of hydrogen-bond donors (Lipinski definition) is 1. The monoisotopic (exact) mass is 432 g/mol. The van der Waals surface area contributed by atoms with E-state index in [0.29, 0.717) is 22.6 Å². The molecule has 4 rings (SSSR count). The fraction of sp³-hybridized carbons (Fsp3) is 0.0833. The van der Waals surface area contributed by atoms with E-state index in [1.165, 1.54) is 25.3 Å². The molecular formula is C24H20N2O4S. The second kappa shape index (κ2) is 8.20. The van der Waals surface area contributed by atoms with Crippen LogP contribution in [0.4, 0.5) is 5.69 Å². The number of para-hydroxylation sites is 2. The van der Waals surface area contributed by atoms with Gasteiger partial charge < -0.3 is 10.1 Å². The number of benzene rings is 3. The average molecular weight is 433 g/mol. The topological polar surface area (TPSA) is 84.8 Å². The van der Waals surface area contributed by atoms with Crippen LogP contribution in [0.25, 0.3) is 0 Å². The van der Waals surface area contributed by atoms with Gasteiger partial charge in [-0.3, -0.25) is 4.79 Å². The fourth-order valence-corrected chi connectivity index (χ4v) is 4.28. The number of methoxy groups -OCH3 is 1. The van der Waals surface area contributed by atoms with Crippen LogP contribution in [0, 0.1) is 6.92 Å². The highest BCUT2D eigenvalue weighted by atomic mass is 32.2. The zero-order valence-electron chi connectivity index (χ0n) is 17.0. The van der Waals surface area contributed by atoms with E-state index >= 15 is 0 Å². The minimum atomic E-state index is -3.97. The Morgan fingerprint density at radius 2 is 1.52 bits per heavy atom. The number of nitrogens with one attached hydrogen (secondary N) is 1. The average Bonchev–Trinajstić information content (AvgIpc) is 2.77. The largest absolute Gasteiger partial charge is 0.495 e. The Balaban J connectivity index is 1.82. The van der Waals surface area contributed by atoms with Crippen LogP contribution >= 0.6 is 0 Å². The van der Waals surface area contributed by atoms with Gasteiger partial charge in [0.2, 0.25) is 5.78 Å². The molecule has 6 nitrogen and oxygen atoms in total. The summed E-state index contributed by atoms with van der Waals surface area (Å²) in [6.45, 7) is 1.88. The molecule has 0 saturated carbocycles. The zero-order chi connectivity index (χ0) is 22.0. The minimum Gasteiger partial charge on any atom is -0.495 e. The van der Waals surface area contributed by atoms with E-state index in [-0.39, 0.29) is 22.1 Å². The summed E-state index contributed by atoms with van der Waals surface area (Å²) in [5.41, 5.74) is 2.77. The number of nitrogens with zero attached hydrogens (tertiary/aromatic N) is 1. The van der Waals surface area contributed by atoms with E-state index in [9.17, 15) is 13.2 Å². The lowest BCUT2D eigenvalue weighted by molar-refractivity contribution is 0.103. The number of carbonyl (C=O) groups excluding carboxylic acids is 1. The highest BCUT2D eigenvalue weighted by Gasteiger charge is 2.26. The van der Waals surface area contributed by atoms with Gasteiger partial charge in [-0.05, 0) is 37.3 Å². The summed E-state index contributed by atoms with van der Waals surface area (Å²) >= 11 is 0. The summed E-state index contributed by atoms with van der Waals surface area (Å²) in [5, 5.41) is 3.06. The van der Waals surface area contributed by atoms with Gasteiger partial charge in [0.15, 0.2) is 0 Å². The van der Waals surface area contributed by atoms with E-state index in [2.05, 4.69) is 9.71 Å². The van der Waals surface area contributed by atoms with Crippen molar-refractivity contribution in [2.75, 3.05) is 12.4 Å². The molecule has 0 atom stereocenters. The van der Waals surface area contributed by atoms with Crippen LogP contribution in [0.15, 0.2) is 93.9 Å². The van der Waals surface area contributed by atoms with E-state index in [1.54, 1.807) is 48.5 Å². The molecule has 0 unspecified atom stereocenters. The van der Waals surface area contributed by atoms with Crippen LogP contribution in [-0.4, -0.2) is 27.0 Å². The normalized spacial score (nSPS) is 14.7. The number of ketones is 1. The maximum absolute atomic E-state index is 13.1. The predicted octanol–water partition coefficient (Wildman–Crippen LogP) is 4.37. The number of allylic oxidation sites excluding steroid dienone is 2. The first-order valence-corrected chi connectivity index (χ1v) is 11.0. The SMILES string of the molecule is COc1ccccc1NC1=CC(=NS(=O)(=O)c2ccc(C)cc2)c2ccccc2C1=O. The number of aryl methyl sites for hydroxylation is 1. The first kappa shape index (κ1) is 20.6. The Morgan fingerprint density at radius 3 is 2.23 bits per heavy atom. The Morgan fingerprint density at radius 1 is 0.871 bits per heavy atom. The lowest BCUT2D eigenvalue weighted by atomic mass is 9.92. The van der Waals surface area contributed by atoms with Crippen LogP contribution < -0.4 is 10.1 Å². The maximum atomic E-state index is 13.1. The summed E-state index contributed by atoms with van der Waals surface area (Å²) < 4.78 is 35.3. The fourth-order valence-electron chi connectivity index (χ4n) is 3.28. The van der Waals surface area contributed by atoms with E-state index in [4.69, 9.17) is 4.74 Å². The van der Waals surface area contributed by atoms with Crippen LogP contribution in [0.1, 0.15) is 21.5 Å². The van der Waals surface area contributed by atoms with E-state index < -0.39 is 10.0 Å². The first-order valence-electron chi connectivity index (χ1n) is 9.56. The molecule has 1 aliphatic carbocycles. The van der Waals surface area contributed by atoms with Crippen molar-refractivity contribution in [2.24, 2.45) is 4.40 Å². The summed E-state index contributed by atoms with van der Waals surface area (Å²) in [7, 11) is -2.43. The number of rotatable bonds is 5. The Labute approximate surface area is 181 Å². The number of sulfonamides is 1. The van der Waals surface area contributed by atoms with Crippen LogP contribution in [-0.2, 0) is 10.0 Å². The first-order chi connectivity index (χ1) is 14.9. The third-order valence-corrected chi connectivity index (χ3v) is 6.19. The number of ether oxygens (including phenoxy) is 1. The highest BCUT2D eigenvalue weighted by Crippen LogP contribution is 2.29. The zero-order valence-corrected chi connectivity index (χ0v) is 17.8. The molecule has 156 valence electrons. The van der Waals surface area contributed by atoms with Crippen molar-refractivity contribution in [3.05, 3.63) is 101 Å². The van der Waals surface area contributed by atoms with Gasteiger partial charge >= 0.3 is 0 Å². The number of fused-ring (bicyclic) bond motifs is 1. The molecule has 0 saturated heterocycles. The molecule has 31 heavy (non-hydrogen) atoms. The molecule has 0 fully saturated rings. The van der Waals surface area contributed by atoms with Crippen molar-refractivity contribution < 1.29 is 17.9 Å². The van der Waals surface area contributed by atoms with Gasteiger partial charge in [-0.15, -0.1) is 0 Å². The number of Topliss-reactive ketones (excluding diaryl/α,β-unsaturated/α-hetero) is 1. The standard InChI is InChI=1S/C24H20N2O4S/c1-16-11-13-17(14-12-16)31(28,29)26-21-15-22(24(27)19-8-4-3-7-18(19)21)25-20-9-5-6-10-23(20)30-2/h3-15,25H,1-2H3. The summed E-state index contributed by atoms with van der Waals surface area (Å²) in [6.07, 6.45) is 1.46. The van der Waals surface area contributed by atoms with E-state index in [1.807, 2.05) is 19.1 Å². The predicted molar refractivity (Wildman–Crippen MR) is 120 cm³/mol. The molecule has 1 aliphatic rings.